The number of methoxy groups -OCH3 is 2. The second-order valence-corrected chi connectivity index (χ2v) is 3.83. The van der Waals surface area contributed by atoms with Gasteiger partial charge in [-0.25, -0.2) is 0 Å². The van der Waals surface area contributed by atoms with Gasteiger partial charge in [-0.3, -0.25) is 4.79 Å². The number of primary amides is 1. The highest BCUT2D eigenvalue weighted by atomic mass is 16.5. The molecule has 0 radical (unpaired) electrons. The lowest BCUT2D eigenvalue weighted by Crippen LogP contribution is -2.15. The first kappa shape index (κ1) is 16.4. The fourth-order valence-electron chi connectivity index (χ4n) is 1.60. The van der Waals surface area contributed by atoms with Gasteiger partial charge in [-0.1, -0.05) is 0 Å². The first-order valence-corrected chi connectivity index (χ1v) is 5.79. The molecule has 1 amide bonds. The van der Waals surface area contributed by atoms with Gasteiger partial charge < -0.3 is 20.5 Å². The molecule has 0 aliphatic carbocycles. The van der Waals surface area contributed by atoms with Crippen LogP contribution in [0.2, 0.25) is 0 Å². The van der Waals surface area contributed by atoms with Crippen molar-refractivity contribution in [1.29, 1.82) is 15.8 Å². The topological polar surface area (TPSA) is 145 Å². The normalized spacial score (nSPS) is 8.68. The zero-order valence-electron chi connectivity index (χ0n) is 11.8. The number of nitrogens with two attached hydrogens (primary N) is 1. The number of hydrogen-bond donors (Lipinski definition) is 2. The second-order valence-electron chi connectivity index (χ2n) is 3.83. The Hall–Kier alpha value is -3.70. The molecular formula is C14H11N5O3. The predicted octanol–water partition coefficient (Wildman–Crippen LogP) is 1.04. The van der Waals surface area contributed by atoms with Crippen LogP contribution in [0, 0.1) is 34.0 Å². The van der Waals surface area contributed by atoms with Crippen molar-refractivity contribution in [3.8, 4) is 29.7 Å². The maximum absolute atomic E-state index is 11.5. The minimum atomic E-state index is -0.781. The third kappa shape index (κ3) is 3.24. The molecule has 0 unspecified atom stereocenters. The number of anilines is 1. The maximum atomic E-state index is 11.5. The van der Waals surface area contributed by atoms with Gasteiger partial charge in [0.1, 0.15) is 23.9 Å². The summed E-state index contributed by atoms with van der Waals surface area (Å²) in [5, 5.41) is 29.2. The van der Waals surface area contributed by atoms with E-state index in [-0.39, 0.29) is 28.4 Å². The van der Waals surface area contributed by atoms with Crippen LogP contribution in [-0.2, 0) is 0 Å². The van der Waals surface area contributed by atoms with Crippen molar-refractivity contribution >= 4 is 11.6 Å². The van der Waals surface area contributed by atoms with Gasteiger partial charge in [-0.15, -0.1) is 0 Å². The number of amides is 1. The Balaban J connectivity index is 3.51. The Morgan fingerprint density at radius 3 is 2.05 bits per heavy atom. The molecule has 8 heteroatoms. The summed E-state index contributed by atoms with van der Waals surface area (Å²) in [6.45, 7) is 0. The SMILES string of the molecule is COc1cc(NC(C#N)=C(C#N)C#N)c(C(N)=O)cc1OC. The molecule has 0 saturated carbocycles. The zero-order valence-corrected chi connectivity index (χ0v) is 11.8. The quantitative estimate of drug-likeness (QED) is 0.772. The fraction of sp³-hybridized carbons (Fsp3) is 0.143. The minimum Gasteiger partial charge on any atom is -0.493 e. The van der Waals surface area contributed by atoms with Crippen molar-refractivity contribution in [1.82, 2.24) is 0 Å². The molecule has 22 heavy (non-hydrogen) atoms. The molecule has 0 aliphatic rings. The number of carbonyl (C=O) groups is 1. The Kier molecular flexibility index (Phi) is 5.34. The Morgan fingerprint density at radius 1 is 1.09 bits per heavy atom. The van der Waals surface area contributed by atoms with Gasteiger partial charge in [0.05, 0.1) is 25.5 Å². The van der Waals surface area contributed by atoms with E-state index < -0.39 is 11.5 Å². The summed E-state index contributed by atoms with van der Waals surface area (Å²) in [5.74, 6) is -0.232. The van der Waals surface area contributed by atoms with E-state index >= 15 is 0 Å². The summed E-state index contributed by atoms with van der Waals surface area (Å²) in [6, 6.07) is 7.56. The monoisotopic (exact) mass is 297 g/mol. The molecule has 1 aromatic rings. The summed E-state index contributed by atoms with van der Waals surface area (Å²) in [6.07, 6.45) is 0. The minimum absolute atomic E-state index is 0.0145. The van der Waals surface area contributed by atoms with Crippen LogP contribution < -0.4 is 20.5 Å². The van der Waals surface area contributed by atoms with E-state index in [2.05, 4.69) is 5.32 Å². The summed E-state index contributed by atoms with van der Waals surface area (Å²) in [7, 11) is 2.78. The smallest absolute Gasteiger partial charge is 0.250 e. The zero-order chi connectivity index (χ0) is 16.7. The third-order valence-electron chi connectivity index (χ3n) is 2.63. The molecule has 0 saturated heterocycles. The highest BCUT2D eigenvalue weighted by Gasteiger charge is 2.17. The van der Waals surface area contributed by atoms with Crippen LogP contribution in [-0.4, -0.2) is 20.1 Å². The molecule has 0 aromatic heterocycles. The van der Waals surface area contributed by atoms with E-state index in [0.29, 0.717) is 0 Å². The molecule has 0 spiro atoms. The molecule has 1 rings (SSSR count). The first-order valence-electron chi connectivity index (χ1n) is 5.79. The van der Waals surface area contributed by atoms with Crippen LogP contribution in [0.3, 0.4) is 0 Å². The number of carbonyl (C=O) groups excluding carboxylic acids is 1. The van der Waals surface area contributed by atoms with Gasteiger partial charge in [0.2, 0.25) is 0 Å². The van der Waals surface area contributed by atoms with Crippen molar-refractivity contribution < 1.29 is 14.3 Å². The standard InChI is InChI=1S/C14H11N5O3/c1-21-12-3-9(14(18)20)10(4-13(12)22-2)19-11(7-17)8(5-15)6-16/h3-4,19H,1-2H3,(H2,18,20). The Labute approximate surface area is 126 Å². The molecular weight excluding hydrogens is 286 g/mol. The average molecular weight is 297 g/mol. The van der Waals surface area contributed by atoms with Crippen molar-refractivity contribution in [2.24, 2.45) is 5.73 Å². The highest BCUT2D eigenvalue weighted by molar-refractivity contribution is 6.00. The van der Waals surface area contributed by atoms with Gasteiger partial charge in [0.25, 0.3) is 5.91 Å². The van der Waals surface area contributed by atoms with Gasteiger partial charge in [-0.05, 0) is 6.07 Å². The highest BCUT2D eigenvalue weighted by Crippen LogP contribution is 2.33. The summed E-state index contributed by atoms with van der Waals surface area (Å²) >= 11 is 0. The predicted molar refractivity (Wildman–Crippen MR) is 75.6 cm³/mol. The number of allylic oxidation sites excluding steroid dienone is 2. The number of nitrogens with one attached hydrogen (secondary N) is 1. The number of benzene rings is 1. The lowest BCUT2D eigenvalue weighted by Gasteiger charge is -2.14. The van der Waals surface area contributed by atoms with E-state index in [1.807, 2.05) is 0 Å². The van der Waals surface area contributed by atoms with Crippen molar-refractivity contribution in [3.05, 3.63) is 29.0 Å². The number of nitrogens with zero attached hydrogens (tertiary/aromatic N) is 3. The van der Waals surface area contributed by atoms with E-state index in [1.165, 1.54) is 26.4 Å². The van der Waals surface area contributed by atoms with Crippen LogP contribution >= 0.6 is 0 Å². The van der Waals surface area contributed by atoms with Gasteiger partial charge in [0.15, 0.2) is 17.1 Å². The molecule has 1 aromatic carbocycles. The molecule has 0 heterocycles. The Bertz CT molecular complexity index is 746. The molecule has 0 atom stereocenters. The second kappa shape index (κ2) is 7.18. The fourth-order valence-corrected chi connectivity index (χ4v) is 1.60. The van der Waals surface area contributed by atoms with Gasteiger partial charge in [-0.2, -0.15) is 15.8 Å². The van der Waals surface area contributed by atoms with Crippen LogP contribution in [0.15, 0.2) is 23.4 Å². The molecule has 110 valence electrons. The third-order valence-corrected chi connectivity index (χ3v) is 2.63. The summed E-state index contributed by atoms with van der Waals surface area (Å²) in [4.78, 5) is 11.5. The average Bonchev–Trinajstić information content (AvgIpc) is 2.53. The van der Waals surface area contributed by atoms with Crippen LogP contribution in [0.25, 0.3) is 0 Å². The molecule has 8 nitrogen and oxygen atoms in total. The van der Waals surface area contributed by atoms with Crippen molar-refractivity contribution in [2.45, 2.75) is 0 Å². The molecule has 0 bridgehead atoms. The van der Waals surface area contributed by atoms with Crippen LogP contribution in [0.1, 0.15) is 10.4 Å². The van der Waals surface area contributed by atoms with E-state index in [1.54, 1.807) is 18.2 Å². The van der Waals surface area contributed by atoms with Gasteiger partial charge >= 0.3 is 0 Å². The summed E-state index contributed by atoms with van der Waals surface area (Å²) < 4.78 is 10.2. The summed E-state index contributed by atoms with van der Waals surface area (Å²) in [5.41, 5.74) is 4.68. The molecule has 3 N–H and O–H groups in total. The number of nitriles is 3. The van der Waals surface area contributed by atoms with Crippen molar-refractivity contribution in [2.75, 3.05) is 19.5 Å². The number of rotatable bonds is 5. The largest absolute Gasteiger partial charge is 0.493 e. The van der Waals surface area contributed by atoms with E-state index in [4.69, 9.17) is 31.0 Å². The van der Waals surface area contributed by atoms with E-state index in [0.717, 1.165) is 0 Å². The van der Waals surface area contributed by atoms with E-state index in [9.17, 15) is 4.79 Å². The lowest BCUT2D eigenvalue weighted by atomic mass is 10.1. The van der Waals surface area contributed by atoms with Crippen molar-refractivity contribution in [3.63, 3.8) is 0 Å². The molecule has 0 fully saturated rings. The van der Waals surface area contributed by atoms with Gasteiger partial charge in [0, 0.05) is 6.07 Å². The maximum Gasteiger partial charge on any atom is 0.250 e. The lowest BCUT2D eigenvalue weighted by molar-refractivity contribution is 0.100. The Morgan fingerprint density at radius 2 is 1.64 bits per heavy atom. The van der Waals surface area contributed by atoms with Crippen LogP contribution in [0.4, 0.5) is 5.69 Å². The van der Waals surface area contributed by atoms with Crippen LogP contribution in [0.5, 0.6) is 11.5 Å². The number of hydrogen-bond acceptors (Lipinski definition) is 7. The first-order chi connectivity index (χ1) is 10.5. The molecule has 0 aliphatic heterocycles. The number of ether oxygens (including phenoxy) is 2.